The first kappa shape index (κ1) is 11.9. The van der Waals surface area contributed by atoms with Crippen molar-refractivity contribution in [2.45, 2.75) is 25.8 Å². The van der Waals surface area contributed by atoms with Crippen molar-refractivity contribution in [3.8, 4) is 0 Å². The van der Waals surface area contributed by atoms with Gasteiger partial charge in [0.15, 0.2) is 11.6 Å². The standard InChI is InChI=1S/C14H15N3O2/c1-10-16-12(9-19-10)14(18)17-8-4-6-13(17)11-5-2-3-7-15-11/h2-3,5,7,9,13H,4,6,8H2,1H3/t13-/m1/s1. The molecule has 1 aliphatic heterocycles. The number of pyridine rings is 1. The zero-order valence-electron chi connectivity index (χ0n) is 10.7. The summed E-state index contributed by atoms with van der Waals surface area (Å²) in [7, 11) is 0. The average Bonchev–Trinajstić information content (AvgIpc) is 3.07. The number of carbonyl (C=O) groups is 1. The molecule has 0 unspecified atom stereocenters. The van der Waals surface area contributed by atoms with Crippen molar-refractivity contribution in [1.29, 1.82) is 0 Å². The zero-order chi connectivity index (χ0) is 13.2. The molecular weight excluding hydrogens is 242 g/mol. The third-order valence-corrected chi connectivity index (χ3v) is 3.38. The van der Waals surface area contributed by atoms with E-state index in [0.717, 1.165) is 25.1 Å². The van der Waals surface area contributed by atoms with Crippen molar-refractivity contribution in [3.05, 3.63) is 47.9 Å². The minimum Gasteiger partial charge on any atom is -0.448 e. The van der Waals surface area contributed by atoms with Gasteiger partial charge in [-0.3, -0.25) is 9.78 Å². The fourth-order valence-electron chi connectivity index (χ4n) is 2.50. The number of hydrogen-bond donors (Lipinski definition) is 0. The number of nitrogens with zero attached hydrogens (tertiary/aromatic N) is 3. The Labute approximate surface area is 111 Å². The lowest BCUT2D eigenvalue weighted by molar-refractivity contribution is 0.0727. The number of aryl methyl sites for hydroxylation is 1. The average molecular weight is 257 g/mol. The monoisotopic (exact) mass is 257 g/mol. The van der Waals surface area contributed by atoms with Crippen LogP contribution in [-0.4, -0.2) is 27.3 Å². The Balaban J connectivity index is 1.86. The molecule has 0 saturated carbocycles. The van der Waals surface area contributed by atoms with Gasteiger partial charge in [0, 0.05) is 19.7 Å². The van der Waals surface area contributed by atoms with Crippen LogP contribution in [0.15, 0.2) is 35.1 Å². The molecule has 5 heteroatoms. The zero-order valence-corrected chi connectivity index (χ0v) is 10.7. The van der Waals surface area contributed by atoms with E-state index < -0.39 is 0 Å². The molecule has 1 aliphatic rings. The van der Waals surface area contributed by atoms with E-state index in [1.54, 1.807) is 13.1 Å². The molecule has 3 rings (SSSR count). The number of likely N-dealkylation sites (tertiary alicyclic amines) is 1. The Bertz CT molecular complexity index is 579. The lowest BCUT2D eigenvalue weighted by atomic mass is 10.1. The van der Waals surface area contributed by atoms with Crippen LogP contribution in [-0.2, 0) is 0 Å². The molecule has 0 aromatic carbocycles. The van der Waals surface area contributed by atoms with Gasteiger partial charge in [-0.05, 0) is 25.0 Å². The van der Waals surface area contributed by atoms with Crippen molar-refractivity contribution < 1.29 is 9.21 Å². The molecule has 0 spiro atoms. The molecule has 2 aromatic heterocycles. The van der Waals surface area contributed by atoms with Crippen LogP contribution in [0.3, 0.4) is 0 Å². The highest BCUT2D eigenvalue weighted by molar-refractivity contribution is 5.92. The number of rotatable bonds is 2. The summed E-state index contributed by atoms with van der Waals surface area (Å²) in [6.45, 7) is 2.48. The van der Waals surface area contributed by atoms with Crippen LogP contribution in [0.5, 0.6) is 0 Å². The Hall–Kier alpha value is -2.17. The molecule has 0 aliphatic carbocycles. The number of oxazole rings is 1. The number of hydrogen-bond acceptors (Lipinski definition) is 4. The predicted octanol–water partition coefficient (Wildman–Crippen LogP) is 2.36. The van der Waals surface area contributed by atoms with E-state index in [1.165, 1.54) is 6.26 Å². The Kier molecular flexibility index (Phi) is 3.03. The lowest BCUT2D eigenvalue weighted by Gasteiger charge is -2.23. The Morgan fingerprint density at radius 1 is 1.47 bits per heavy atom. The van der Waals surface area contributed by atoms with Crippen molar-refractivity contribution in [2.75, 3.05) is 6.54 Å². The molecule has 1 amide bonds. The summed E-state index contributed by atoms with van der Waals surface area (Å²) in [6, 6.07) is 5.84. The SMILES string of the molecule is Cc1nc(C(=O)N2CCC[C@@H]2c2ccccn2)co1. The minimum atomic E-state index is -0.0787. The molecule has 0 radical (unpaired) electrons. The predicted molar refractivity (Wildman–Crippen MR) is 68.5 cm³/mol. The van der Waals surface area contributed by atoms with Crippen LogP contribution in [0, 0.1) is 6.92 Å². The third-order valence-electron chi connectivity index (χ3n) is 3.38. The molecule has 2 aromatic rings. The Morgan fingerprint density at radius 2 is 2.37 bits per heavy atom. The molecule has 0 N–H and O–H groups in total. The second-order valence-corrected chi connectivity index (χ2v) is 4.66. The topological polar surface area (TPSA) is 59.2 Å². The highest BCUT2D eigenvalue weighted by atomic mass is 16.3. The number of amides is 1. The maximum Gasteiger partial charge on any atom is 0.276 e. The second kappa shape index (κ2) is 4.84. The summed E-state index contributed by atoms with van der Waals surface area (Å²) in [5, 5.41) is 0. The summed E-state index contributed by atoms with van der Waals surface area (Å²) >= 11 is 0. The van der Waals surface area contributed by atoms with Gasteiger partial charge in [-0.25, -0.2) is 4.98 Å². The van der Waals surface area contributed by atoms with Crippen LogP contribution >= 0.6 is 0 Å². The number of aromatic nitrogens is 2. The van der Waals surface area contributed by atoms with E-state index in [9.17, 15) is 4.79 Å². The highest BCUT2D eigenvalue weighted by Gasteiger charge is 2.32. The molecule has 1 atom stereocenters. The van der Waals surface area contributed by atoms with Gasteiger partial charge in [0.05, 0.1) is 11.7 Å². The summed E-state index contributed by atoms with van der Waals surface area (Å²) < 4.78 is 5.11. The molecule has 5 nitrogen and oxygen atoms in total. The van der Waals surface area contributed by atoms with E-state index in [1.807, 2.05) is 23.1 Å². The normalized spacial score (nSPS) is 18.8. The first-order valence-electron chi connectivity index (χ1n) is 6.40. The molecule has 1 saturated heterocycles. The second-order valence-electron chi connectivity index (χ2n) is 4.66. The Morgan fingerprint density at radius 3 is 3.05 bits per heavy atom. The van der Waals surface area contributed by atoms with Crippen LogP contribution in [0.2, 0.25) is 0 Å². The molecule has 19 heavy (non-hydrogen) atoms. The molecule has 0 bridgehead atoms. The maximum atomic E-state index is 12.4. The molecule has 98 valence electrons. The summed E-state index contributed by atoms with van der Waals surface area (Å²) in [6.07, 6.45) is 5.12. The van der Waals surface area contributed by atoms with Gasteiger partial charge in [0.25, 0.3) is 5.91 Å². The van der Waals surface area contributed by atoms with Gasteiger partial charge in [-0.2, -0.15) is 0 Å². The fraction of sp³-hybridized carbons (Fsp3) is 0.357. The molecule has 1 fully saturated rings. The van der Waals surface area contributed by atoms with Gasteiger partial charge < -0.3 is 9.32 Å². The third kappa shape index (κ3) is 2.23. The minimum absolute atomic E-state index is 0.0470. The quantitative estimate of drug-likeness (QED) is 0.828. The van der Waals surface area contributed by atoms with Crippen LogP contribution < -0.4 is 0 Å². The number of carbonyl (C=O) groups excluding carboxylic acids is 1. The van der Waals surface area contributed by atoms with E-state index in [2.05, 4.69) is 9.97 Å². The molecular formula is C14H15N3O2. The lowest BCUT2D eigenvalue weighted by Crippen LogP contribution is -2.31. The summed E-state index contributed by atoms with van der Waals surface area (Å²) in [5.74, 6) is 0.432. The van der Waals surface area contributed by atoms with E-state index in [-0.39, 0.29) is 11.9 Å². The highest BCUT2D eigenvalue weighted by Crippen LogP contribution is 2.31. The summed E-state index contributed by atoms with van der Waals surface area (Å²) in [5.41, 5.74) is 1.31. The van der Waals surface area contributed by atoms with Crippen molar-refractivity contribution >= 4 is 5.91 Å². The van der Waals surface area contributed by atoms with Gasteiger partial charge in [0.2, 0.25) is 0 Å². The van der Waals surface area contributed by atoms with Crippen molar-refractivity contribution in [3.63, 3.8) is 0 Å². The maximum absolute atomic E-state index is 12.4. The van der Waals surface area contributed by atoms with Gasteiger partial charge in [0.1, 0.15) is 6.26 Å². The van der Waals surface area contributed by atoms with Crippen LogP contribution in [0.1, 0.15) is 41.0 Å². The smallest absolute Gasteiger partial charge is 0.276 e. The van der Waals surface area contributed by atoms with Gasteiger partial charge >= 0.3 is 0 Å². The fourth-order valence-corrected chi connectivity index (χ4v) is 2.50. The van der Waals surface area contributed by atoms with E-state index in [4.69, 9.17) is 4.42 Å². The largest absolute Gasteiger partial charge is 0.448 e. The van der Waals surface area contributed by atoms with Crippen LogP contribution in [0.4, 0.5) is 0 Å². The summed E-state index contributed by atoms with van der Waals surface area (Å²) in [4.78, 5) is 22.7. The van der Waals surface area contributed by atoms with Gasteiger partial charge in [-0.15, -0.1) is 0 Å². The van der Waals surface area contributed by atoms with E-state index >= 15 is 0 Å². The van der Waals surface area contributed by atoms with Crippen molar-refractivity contribution in [2.24, 2.45) is 0 Å². The van der Waals surface area contributed by atoms with E-state index in [0.29, 0.717) is 11.6 Å². The van der Waals surface area contributed by atoms with Crippen molar-refractivity contribution in [1.82, 2.24) is 14.9 Å². The first-order valence-corrected chi connectivity index (χ1v) is 6.40. The van der Waals surface area contributed by atoms with Crippen LogP contribution in [0.25, 0.3) is 0 Å². The molecule has 3 heterocycles. The first-order chi connectivity index (χ1) is 9.25. The van der Waals surface area contributed by atoms with Gasteiger partial charge in [-0.1, -0.05) is 6.07 Å².